The van der Waals surface area contributed by atoms with Crippen molar-refractivity contribution in [2.45, 2.75) is 24.2 Å². The molecule has 2 atom stereocenters. The van der Waals surface area contributed by atoms with E-state index in [1.54, 1.807) is 0 Å². The summed E-state index contributed by atoms with van der Waals surface area (Å²) in [4.78, 5) is 58.0. The highest BCUT2D eigenvalue weighted by Gasteiger charge is 2.46. The number of nitrogens with one attached hydrogen (secondary N) is 2. The van der Waals surface area contributed by atoms with E-state index in [4.69, 9.17) is 11.5 Å². The summed E-state index contributed by atoms with van der Waals surface area (Å²) >= 11 is 0. The predicted octanol–water partition coefficient (Wildman–Crippen LogP) is -1.91. The second-order valence-electron chi connectivity index (χ2n) is 6.47. The van der Waals surface area contributed by atoms with Gasteiger partial charge in [0.15, 0.2) is 17.1 Å². The van der Waals surface area contributed by atoms with Crippen LogP contribution in [0.3, 0.4) is 0 Å². The third-order valence-corrected chi connectivity index (χ3v) is 4.33. The van der Waals surface area contributed by atoms with Crippen molar-refractivity contribution in [3.05, 3.63) is 39.9 Å². The fourth-order valence-electron chi connectivity index (χ4n) is 2.52. The number of alkyl halides is 3. The number of nitrogens with two attached hydrogens (primary N) is 2. The number of aliphatic hydroxyl groups excluding tert-OH is 1. The van der Waals surface area contributed by atoms with Gasteiger partial charge in [0.2, 0.25) is 5.91 Å². The van der Waals surface area contributed by atoms with Crippen molar-refractivity contribution in [3.63, 3.8) is 0 Å². The van der Waals surface area contributed by atoms with E-state index >= 15 is 0 Å². The summed E-state index contributed by atoms with van der Waals surface area (Å²) < 4.78 is 37.0. The van der Waals surface area contributed by atoms with Crippen LogP contribution in [-0.2, 0) is 25.6 Å². The molecule has 15 heteroatoms. The molecule has 1 aromatic rings. The number of amides is 2. The first-order chi connectivity index (χ1) is 14.8. The summed E-state index contributed by atoms with van der Waals surface area (Å²) in [5.74, 6) is -6.29. The van der Waals surface area contributed by atoms with Crippen molar-refractivity contribution in [1.29, 1.82) is 0 Å². The molecule has 2 amide bonds. The van der Waals surface area contributed by atoms with Crippen LogP contribution >= 0.6 is 0 Å². The molecule has 32 heavy (non-hydrogen) atoms. The minimum Gasteiger partial charge on any atom is -0.383 e. The number of hydrogen-bond donors (Lipinski definition) is 5. The van der Waals surface area contributed by atoms with Crippen molar-refractivity contribution in [3.8, 4) is 0 Å². The maximum Gasteiger partial charge on any atom is 0.471 e. The number of hydrogen-bond acceptors (Lipinski definition) is 9. The number of non-ortho nitro benzene ring substituents is 1. The fourth-order valence-corrected chi connectivity index (χ4v) is 2.52. The molecular formula is C17H20F3N5O7. The van der Waals surface area contributed by atoms with Gasteiger partial charge in [-0.15, -0.1) is 0 Å². The van der Waals surface area contributed by atoms with Crippen LogP contribution in [0.25, 0.3) is 0 Å². The van der Waals surface area contributed by atoms with E-state index in [0.717, 1.165) is 12.1 Å². The van der Waals surface area contributed by atoms with Gasteiger partial charge in [-0.3, -0.25) is 29.3 Å². The first kappa shape index (κ1) is 26.6. The quantitative estimate of drug-likeness (QED) is 0.141. The maximum atomic E-state index is 12.4. The first-order valence-corrected chi connectivity index (χ1v) is 8.83. The molecule has 7 N–H and O–H groups in total. The van der Waals surface area contributed by atoms with E-state index in [-0.39, 0.29) is 17.7 Å². The average Bonchev–Trinajstić information content (AvgIpc) is 2.74. The van der Waals surface area contributed by atoms with Crippen molar-refractivity contribution in [1.82, 2.24) is 10.6 Å². The van der Waals surface area contributed by atoms with Crippen LogP contribution in [0.2, 0.25) is 0 Å². The lowest BCUT2D eigenvalue weighted by Gasteiger charge is -2.31. The minimum absolute atomic E-state index is 0.241. The number of ketones is 2. The zero-order chi connectivity index (χ0) is 24.7. The zero-order valence-electron chi connectivity index (χ0n) is 16.3. The Morgan fingerprint density at radius 3 is 2.09 bits per heavy atom. The Balaban J connectivity index is 3.00. The van der Waals surface area contributed by atoms with Gasteiger partial charge in [-0.25, -0.2) is 0 Å². The summed E-state index contributed by atoms with van der Waals surface area (Å²) in [5.41, 5.74) is 8.09. The van der Waals surface area contributed by atoms with Crippen LogP contribution in [0, 0.1) is 10.1 Å². The van der Waals surface area contributed by atoms with E-state index in [9.17, 15) is 47.6 Å². The van der Waals surface area contributed by atoms with E-state index < -0.39 is 65.8 Å². The van der Waals surface area contributed by atoms with Crippen molar-refractivity contribution in [2.24, 2.45) is 11.5 Å². The fraction of sp³-hybridized carbons (Fsp3) is 0.412. The Kier molecular flexibility index (Phi) is 8.93. The molecule has 0 aliphatic heterocycles. The van der Waals surface area contributed by atoms with E-state index in [0.29, 0.717) is 0 Å². The average molecular weight is 463 g/mol. The molecule has 0 bridgehead atoms. The largest absolute Gasteiger partial charge is 0.471 e. The smallest absolute Gasteiger partial charge is 0.383 e. The van der Waals surface area contributed by atoms with Crippen LogP contribution in [0.1, 0.15) is 5.56 Å². The normalized spacial score (nSPS) is 14.1. The van der Waals surface area contributed by atoms with Crippen LogP contribution in [0.5, 0.6) is 0 Å². The monoisotopic (exact) mass is 463 g/mol. The Bertz CT molecular complexity index is 892. The molecule has 0 aliphatic rings. The predicted molar refractivity (Wildman–Crippen MR) is 101 cm³/mol. The molecule has 1 aromatic carbocycles. The minimum atomic E-state index is -5.30. The van der Waals surface area contributed by atoms with Crippen molar-refractivity contribution in [2.75, 3.05) is 19.6 Å². The molecule has 12 nitrogen and oxygen atoms in total. The Labute approximate surface area is 178 Å². The van der Waals surface area contributed by atoms with Gasteiger partial charge in [-0.1, -0.05) is 12.1 Å². The molecule has 0 heterocycles. The summed E-state index contributed by atoms with van der Waals surface area (Å²) in [7, 11) is 0. The molecule has 0 radical (unpaired) electrons. The van der Waals surface area contributed by atoms with Crippen LogP contribution in [0.15, 0.2) is 24.3 Å². The van der Waals surface area contributed by atoms with Crippen LogP contribution < -0.4 is 22.1 Å². The SMILES string of the molecule is NCC(=O)C(CN)(NC(=O)C(O)Cc1ccc([N+](=O)[O-])cc1)C(=O)CNC(=O)C(F)(F)F. The number of carbonyl (C=O) groups is 4. The highest BCUT2D eigenvalue weighted by atomic mass is 19.4. The summed E-state index contributed by atoms with van der Waals surface area (Å²) in [5, 5.41) is 23.9. The molecule has 2 unspecified atom stereocenters. The third-order valence-electron chi connectivity index (χ3n) is 4.33. The lowest BCUT2D eigenvalue weighted by Crippen LogP contribution is -2.68. The third kappa shape index (κ3) is 6.53. The zero-order valence-corrected chi connectivity index (χ0v) is 16.3. The molecule has 0 fully saturated rings. The van der Waals surface area contributed by atoms with Gasteiger partial charge in [-0.2, -0.15) is 13.2 Å². The van der Waals surface area contributed by atoms with Crippen molar-refractivity contribution >= 4 is 29.1 Å². The number of carbonyl (C=O) groups excluding carboxylic acids is 4. The number of nitro groups is 1. The van der Waals surface area contributed by atoms with Crippen LogP contribution in [0.4, 0.5) is 18.9 Å². The Hall–Kier alpha value is -3.43. The topological polar surface area (TPSA) is 208 Å². The second-order valence-corrected chi connectivity index (χ2v) is 6.47. The van der Waals surface area contributed by atoms with E-state index in [1.165, 1.54) is 17.4 Å². The lowest BCUT2D eigenvalue weighted by molar-refractivity contribution is -0.384. The van der Waals surface area contributed by atoms with Gasteiger partial charge in [0.25, 0.3) is 5.69 Å². The molecule has 0 saturated heterocycles. The molecule has 0 spiro atoms. The lowest BCUT2D eigenvalue weighted by atomic mass is 9.87. The van der Waals surface area contributed by atoms with Gasteiger partial charge >= 0.3 is 12.1 Å². The molecule has 1 rings (SSSR count). The number of nitrogens with zero attached hydrogens (tertiary/aromatic N) is 1. The highest BCUT2D eigenvalue weighted by Crippen LogP contribution is 2.16. The number of rotatable bonds is 11. The number of benzene rings is 1. The molecule has 0 aromatic heterocycles. The molecule has 0 saturated carbocycles. The molecule has 176 valence electrons. The van der Waals surface area contributed by atoms with Gasteiger partial charge in [0.1, 0.15) is 6.10 Å². The number of Topliss-reactive ketones (excluding diaryl/α,β-unsaturated/α-hetero) is 2. The summed E-state index contributed by atoms with van der Waals surface area (Å²) in [6.07, 6.45) is -7.56. The number of halogens is 3. The summed E-state index contributed by atoms with van der Waals surface area (Å²) in [6.45, 7) is -3.06. The molecular weight excluding hydrogens is 443 g/mol. The van der Waals surface area contributed by atoms with E-state index in [2.05, 4.69) is 0 Å². The summed E-state index contributed by atoms with van der Waals surface area (Å²) in [6, 6.07) is 4.76. The Morgan fingerprint density at radius 2 is 1.66 bits per heavy atom. The number of aliphatic hydroxyl groups is 1. The second kappa shape index (κ2) is 10.7. The highest BCUT2D eigenvalue weighted by molar-refractivity contribution is 6.16. The van der Waals surface area contributed by atoms with Gasteiger partial charge in [0, 0.05) is 25.1 Å². The van der Waals surface area contributed by atoms with Crippen molar-refractivity contribution < 1.29 is 42.4 Å². The standard InChI is InChI=1S/C17H20F3N5O7/c18-17(19,20)15(30)23-7-13(28)16(8-22,12(27)6-21)24-14(29)11(26)5-9-1-3-10(4-2-9)25(31)32/h1-4,11,26H,5-8,21-22H2,(H,23,30)(H,24,29). The first-order valence-electron chi connectivity index (χ1n) is 8.83. The van der Waals surface area contributed by atoms with E-state index in [1.807, 2.05) is 5.32 Å². The molecule has 0 aliphatic carbocycles. The Morgan fingerprint density at radius 1 is 1.09 bits per heavy atom. The van der Waals surface area contributed by atoms with Gasteiger partial charge in [-0.05, 0) is 5.56 Å². The van der Waals surface area contributed by atoms with Crippen LogP contribution in [-0.4, -0.2) is 70.9 Å². The van der Waals surface area contributed by atoms with Gasteiger partial charge < -0.3 is 27.2 Å². The maximum absolute atomic E-state index is 12.4. The number of nitro benzene ring substituents is 1. The van der Waals surface area contributed by atoms with Gasteiger partial charge in [0.05, 0.1) is 18.0 Å².